The van der Waals surface area contributed by atoms with Gasteiger partial charge < -0.3 is 4.90 Å². The zero-order valence-electron chi connectivity index (χ0n) is 11.6. The Morgan fingerprint density at radius 1 is 1.25 bits per heavy atom. The molecule has 1 saturated heterocycles. The number of hydrogen-bond acceptors (Lipinski definition) is 3. The third-order valence-electron chi connectivity index (χ3n) is 3.90. The van der Waals surface area contributed by atoms with E-state index in [4.69, 9.17) is 11.6 Å². The lowest BCUT2D eigenvalue weighted by Crippen LogP contribution is -2.21. The summed E-state index contributed by atoms with van der Waals surface area (Å²) in [6.07, 6.45) is 2.46. The first-order valence-corrected chi connectivity index (χ1v) is 7.49. The number of aromatic nitrogens is 2. The van der Waals surface area contributed by atoms with E-state index in [1.165, 1.54) is 12.8 Å². The predicted molar refractivity (Wildman–Crippen MR) is 83.1 cm³/mol. The molecule has 1 fully saturated rings. The van der Waals surface area contributed by atoms with Crippen LogP contribution in [0.25, 0.3) is 11.4 Å². The van der Waals surface area contributed by atoms with Gasteiger partial charge in [0.2, 0.25) is 0 Å². The second-order valence-electron chi connectivity index (χ2n) is 5.25. The molecule has 1 atom stereocenters. The third-order valence-corrected chi connectivity index (χ3v) is 4.09. The molecule has 0 amide bonds. The van der Waals surface area contributed by atoms with Gasteiger partial charge in [-0.3, -0.25) is 0 Å². The smallest absolute Gasteiger partial charge is 0.163 e. The van der Waals surface area contributed by atoms with Gasteiger partial charge in [-0.2, -0.15) is 0 Å². The third kappa shape index (κ3) is 2.78. The summed E-state index contributed by atoms with van der Waals surface area (Å²) in [5, 5.41) is 0.508. The van der Waals surface area contributed by atoms with Crippen LogP contribution in [-0.2, 0) is 0 Å². The Morgan fingerprint density at radius 3 is 2.75 bits per heavy atom. The number of hydrogen-bond donors (Lipinski definition) is 0. The van der Waals surface area contributed by atoms with Crippen molar-refractivity contribution in [2.24, 2.45) is 5.92 Å². The van der Waals surface area contributed by atoms with Crippen LogP contribution in [-0.4, -0.2) is 23.1 Å². The van der Waals surface area contributed by atoms with Crippen LogP contribution in [0.15, 0.2) is 36.4 Å². The van der Waals surface area contributed by atoms with E-state index >= 15 is 0 Å². The predicted octanol–water partition coefficient (Wildman–Crippen LogP) is 4.03. The summed E-state index contributed by atoms with van der Waals surface area (Å²) in [7, 11) is 0. The molecule has 20 heavy (non-hydrogen) atoms. The molecule has 4 heteroatoms. The van der Waals surface area contributed by atoms with Crippen LogP contribution in [0.5, 0.6) is 0 Å². The molecule has 1 aliphatic rings. The quantitative estimate of drug-likeness (QED) is 0.798. The van der Waals surface area contributed by atoms with Crippen LogP contribution >= 0.6 is 11.6 Å². The molecule has 0 bridgehead atoms. The SMILES string of the molecule is CCC1CCN(c2cc(Cl)nc(-c3ccccc3)n2)C1. The number of nitrogens with zero attached hydrogens (tertiary/aromatic N) is 3. The minimum atomic E-state index is 0.508. The van der Waals surface area contributed by atoms with Gasteiger partial charge in [0, 0.05) is 24.7 Å². The average molecular weight is 288 g/mol. The molecule has 1 aromatic carbocycles. The summed E-state index contributed by atoms with van der Waals surface area (Å²) < 4.78 is 0. The maximum absolute atomic E-state index is 6.17. The zero-order chi connectivity index (χ0) is 13.9. The first-order valence-electron chi connectivity index (χ1n) is 7.11. The van der Waals surface area contributed by atoms with E-state index in [-0.39, 0.29) is 0 Å². The van der Waals surface area contributed by atoms with E-state index in [0.717, 1.165) is 30.4 Å². The lowest BCUT2D eigenvalue weighted by Gasteiger charge is -2.18. The molecule has 2 aromatic rings. The maximum atomic E-state index is 6.17. The van der Waals surface area contributed by atoms with Gasteiger partial charge in [0.05, 0.1) is 0 Å². The summed E-state index contributed by atoms with van der Waals surface area (Å²) in [5.41, 5.74) is 1.00. The van der Waals surface area contributed by atoms with Crippen molar-refractivity contribution in [2.75, 3.05) is 18.0 Å². The highest BCUT2D eigenvalue weighted by atomic mass is 35.5. The molecular weight excluding hydrogens is 270 g/mol. The maximum Gasteiger partial charge on any atom is 0.163 e. The van der Waals surface area contributed by atoms with Crippen molar-refractivity contribution in [3.63, 3.8) is 0 Å². The summed E-state index contributed by atoms with van der Waals surface area (Å²) >= 11 is 6.17. The first kappa shape index (κ1) is 13.4. The van der Waals surface area contributed by atoms with Crippen LogP contribution in [0, 0.1) is 5.92 Å². The molecule has 1 unspecified atom stereocenters. The number of benzene rings is 1. The summed E-state index contributed by atoms with van der Waals surface area (Å²) in [6.45, 7) is 4.37. The second kappa shape index (κ2) is 5.80. The molecular formula is C16H18ClN3. The minimum Gasteiger partial charge on any atom is -0.356 e. The monoisotopic (exact) mass is 287 g/mol. The van der Waals surface area contributed by atoms with E-state index in [0.29, 0.717) is 11.0 Å². The van der Waals surface area contributed by atoms with Gasteiger partial charge in [-0.25, -0.2) is 9.97 Å². The highest BCUT2D eigenvalue weighted by molar-refractivity contribution is 6.29. The summed E-state index contributed by atoms with van der Waals surface area (Å²) in [5.74, 6) is 2.41. The van der Waals surface area contributed by atoms with Crippen molar-refractivity contribution < 1.29 is 0 Å². The highest BCUT2D eigenvalue weighted by Crippen LogP contribution is 2.27. The molecule has 2 heterocycles. The molecule has 0 aliphatic carbocycles. The van der Waals surface area contributed by atoms with Gasteiger partial charge in [-0.1, -0.05) is 55.3 Å². The van der Waals surface area contributed by atoms with Crippen molar-refractivity contribution in [1.29, 1.82) is 0 Å². The Bertz CT molecular complexity index is 586. The average Bonchev–Trinajstić information content (AvgIpc) is 2.96. The van der Waals surface area contributed by atoms with Crippen LogP contribution in [0.1, 0.15) is 19.8 Å². The van der Waals surface area contributed by atoms with Crippen molar-refractivity contribution in [3.05, 3.63) is 41.6 Å². The summed E-state index contributed by atoms with van der Waals surface area (Å²) in [6, 6.07) is 11.8. The van der Waals surface area contributed by atoms with Crippen molar-refractivity contribution in [2.45, 2.75) is 19.8 Å². The lowest BCUT2D eigenvalue weighted by molar-refractivity contribution is 0.568. The standard InChI is InChI=1S/C16H18ClN3/c1-2-12-8-9-20(11-12)15-10-14(17)18-16(19-15)13-6-4-3-5-7-13/h3-7,10,12H,2,8-9,11H2,1H3. The lowest BCUT2D eigenvalue weighted by atomic mass is 10.1. The molecule has 3 nitrogen and oxygen atoms in total. The highest BCUT2D eigenvalue weighted by Gasteiger charge is 2.22. The fourth-order valence-corrected chi connectivity index (χ4v) is 2.84. The summed E-state index contributed by atoms with van der Waals surface area (Å²) in [4.78, 5) is 11.3. The normalized spacial score (nSPS) is 18.5. The fourth-order valence-electron chi connectivity index (χ4n) is 2.66. The van der Waals surface area contributed by atoms with Gasteiger partial charge in [0.25, 0.3) is 0 Å². The molecule has 0 radical (unpaired) electrons. The van der Waals surface area contributed by atoms with Crippen LogP contribution < -0.4 is 4.90 Å². The molecule has 1 aromatic heterocycles. The molecule has 3 rings (SSSR count). The molecule has 1 aliphatic heterocycles. The van der Waals surface area contributed by atoms with Crippen LogP contribution in [0.4, 0.5) is 5.82 Å². The van der Waals surface area contributed by atoms with Gasteiger partial charge in [-0.15, -0.1) is 0 Å². The largest absolute Gasteiger partial charge is 0.356 e. The van der Waals surface area contributed by atoms with Gasteiger partial charge >= 0.3 is 0 Å². The Hall–Kier alpha value is -1.61. The van der Waals surface area contributed by atoms with Gasteiger partial charge in [0.1, 0.15) is 11.0 Å². The number of anilines is 1. The minimum absolute atomic E-state index is 0.508. The Kier molecular flexibility index (Phi) is 3.88. The van der Waals surface area contributed by atoms with E-state index in [2.05, 4.69) is 21.8 Å². The van der Waals surface area contributed by atoms with Crippen LogP contribution in [0.3, 0.4) is 0 Å². The zero-order valence-corrected chi connectivity index (χ0v) is 12.3. The fraction of sp³-hybridized carbons (Fsp3) is 0.375. The van der Waals surface area contributed by atoms with Gasteiger partial charge in [0.15, 0.2) is 5.82 Å². The topological polar surface area (TPSA) is 29.0 Å². The molecule has 0 N–H and O–H groups in total. The first-order chi connectivity index (χ1) is 9.76. The molecule has 0 saturated carbocycles. The molecule has 104 valence electrons. The van der Waals surface area contributed by atoms with E-state index < -0.39 is 0 Å². The van der Waals surface area contributed by atoms with E-state index in [9.17, 15) is 0 Å². The Balaban J connectivity index is 1.92. The number of rotatable bonds is 3. The van der Waals surface area contributed by atoms with E-state index in [1.54, 1.807) is 0 Å². The van der Waals surface area contributed by atoms with Crippen LogP contribution in [0.2, 0.25) is 5.15 Å². The van der Waals surface area contributed by atoms with Crippen molar-refractivity contribution in [3.8, 4) is 11.4 Å². The second-order valence-corrected chi connectivity index (χ2v) is 5.63. The Labute approximate surface area is 124 Å². The number of halogens is 1. The van der Waals surface area contributed by atoms with E-state index in [1.807, 2.05) is 36.4 Å². The molecule has 0 spiro atoms. The van der Waals surface area contributed by atoms with Gasteiger partial charge in [-0.05, 0) is 12.3 Å². The van der Waals surface area contributed by atoms with Crippen molar-refractivity contribution >= 4 is 17.4 Å². The Morgan fingerprint density at radius 2 is 2.05 bits per heavy atom. The van der Waals surface area contributed by atoms with Crippen molar-refractivity contribution in [1.82, 2.24) is 9.97 Å².